The molecule has 0 unspecified atom stereocenters. The summed E-state index contributed by atoms with van der Waals surface area (Å²) in [5.41, 5.74) is 1.69. The van der Waals surface area contributed by atoms with Gasteiger partial charge in [0.05, 0.1) is 0 Å². The van der Waals surface area contributed by atoms with Crippen molar-refractivity contribution in [2.75, 3.05) is 0 Å². The van der Waals surface area contributed by atoms with E-state index in [1.54, 1.807) is 31.2 Å². The third-order valence-corrected chi connectivity index (χ3v) is 3.73. The summed E-state index contributed by atoms with van der Waals surface area (Å²) in [6, 6.07) is 13.6. The largest absolute Gasteiger partial charge is 0.489 e. The van der Waals surface area contributed by atoms with Crippen LogP contribution in [0.2, 0.25) is 0 Å². The van der Waals surface area contributed by atoms with Gasteiger partial charge in [0.2, 0.25) is 5.91 Å². The standard InChI is InChI=1S/C20H22FNO3/c1-14(10-15(2)23)20(24)22-12-16-6-8-19(9-7-16)25-13-17-4-3-5-18(21)11-17/h3-9,11,14H,10,12-13H2,1-2H3,(H,22,24)/t14-/m1/s1. The van der Waals surface area contributed by atoms with Gasteiger partial charge in [0.15, 0.2) is 0 Å². The van der Waals surface area contributed by atoms with Gasteiger partial charge < -0.3 is 14.8 Å². The minimum atomic E-state index is -0.327. The zero-order chi connectivity index (χ0) is 18.2. The van der Waals surface area contributed by atoms with Gasteiger partial charge in [-0.3, -0.25) is 4.79 Å². The van der Waals surface area contributed by atoms with E-state index in [1.807, 2.05) is 12.1 Å². The molecule has 0 spiro atoms. The molecular formula is C20H22FNO3. The van der Waals surface area contributed by atoms with E-state index in [2.05, 4.69) is 5.32 Å². The van der Waals surface area contributed by atoms with Crippen molar-refractivity contribution in [1.29, 1.82) is 0 Å². The minimum absolute atomic E-state index is 0.00227. The summed E-state index contributed by atoms with van der Waals surface area (Å²) < 4.78 is 18.7. The predicted molar refractivity (Wildman–Crippen MR) is 93.5 cm³/mol. The lowest BCUT2D eigenvalue weighted by atomic mass is 10.0. The Morgan fingerprint density at radius 2 is 1.84 bits per heavy atom. The summed E-state index contributed by atoms with van der Waals surface area (Å²) in [5, 5.41) is 2.81. The molecule has 0 heterocycles. The molecule has 1 N–H and O–H groups in total. The lowest BCUT2D eigenvalue weighted by Gasteiger charge is -2.11. The van der Waals surface area contributed by atoms with Crippen molar-refractivity contribution >= 4 is 11.7 Å². The van der Waals surface area contributed by atoms with E-state index in [9.17, 15) is 14.0 Å². The fourth-order valence-electron chi connectivity index (χ4n) is 2.38. The van der Waals surface area contributed by atoms with Gasteiger partial charge in [-0.05, 0) is 42.3 Å². The molecule has 0 aliphatic carbocycles. The van der Waals surface area contributed by atoms with Crippen molar-refractivity contribution in [1.82, 2.24) is 5.32 Å². The van der Waals surface area contributed by atoms with Crippen LogP contribution < -0.4 is 10.1 Å². The fourth-order valence-corrected chi connectivity index (χ4v) is 2.38. The molecule has 1 atom stereocenters. The second-order valence-electron chi connectivity index (χ2n) is 6.09. The minimum Gasteiger partial charge on any atom is -0.489 e. The smallest absolute Gasteiger partial charge is 0.223 e. The summed E-state index contributed by atoms with van der Waals surface area (Å²) in [5.74, 6) is -0.0778. The van der Waals surface area contributed by atoms with Gasteiger partial charge in [0.1, 0.15) is 24.0 Å². The molecule has 0 saturated carbocycles. The molecule has 0 aliphatic heterocycles. The number of nitrogens with one attached hydrogen (secondary N) is 1. The molecule has 0 fully saturated rings. The number of carbonyl (C=O) groups is 2. The first-order chi connectivity index (χ1) is 11.9. The highest BCUT2D eigenvalue weighted by Gasteiger charge is 2.14. The molecule has 25 heavy (non-hydrogen) atoms. The maximum Gasteiger partial charge on any atom is 0.223 e. The number of ketones is 1. The molecule has 132 valence electrons. The van der Waals surface area contributed by atoms with Crippen molar-refractivity contribution in [3.8, 4) is 5.75 Å². The van der Waals surface area contributed by atoms with Crippen LogP contribution in [0.15, 0.2) is 48.5 Å². The average molecular weight is 343 g/mol. The van der Waals surface area contributed by atoms with Crippen molar-refractivity contribution in [3.63, 3.8) is 0 Å². The van der Waals surface area contributed by atoms with Crippen LogP contribution in [0.1, 0.15) is 31.4 Å². The average Bonchev–Trinajstić information content (AvgIpc) is 2.58. The van der Waals surface area contributed by atoms with E-state index in [0.717, 1.165) is 11.1 Å². The quantitative estimate of drug-likeness (QED) is 0.796. The van der Waals surface area contributed by atoms with Gasteiger partial charge in [0, 0.05) is 18.9 Å². The van der Waals surface area contributed by atoms with Crippen LogP contribution in [0.25, 0.3) is 0 Å². The van der Waals surface area contributed by atoms with Crippen LogP contribution in [0.3, 0.4) is 0 Å². The highest BCUT2D eigenvalue weighted by atomic mass is 19.1. The Kier molecular flexibility index (Phi) is 6.69. The molecule has 2 aromatic carbocycles. The van der Waals surface area contributed by atoms with Crippen molar-refractivity contribution in [3.05, 3.63) is 65.5 Å². The number of amides is 1. The Morgan fingerprint density at radius 1 is 1.12 bits per heavy atom. The molecule has 5 heteroatoms. The Labute approximate surface area is 147 Å². The number of Topliss-reactive ketones (excluding diaryl/α,β-unsaturated/α-hetero) is 1. The molecule has 0 aromatic heterocycles. The molecular weight excluding hydrogens is 321 g/mol. The summed E-state index contributed by atoms with van der Waals surface area (Å²) in [6.07, 6.45) is 0.249. The molecule has 4 nitrogen and oxygen atoms in total. The van der Waals surface area contributed by atoms with Gasteiger partial charge in [-0.2, -0.15) is 0 Å². The highest BCUT2D eigenvalue weighted by molar-refractivity contribution is 5.85. The second-order valence-corrected chi connectivity index (χ2v) is 6.09. The molecule has 0 aliphatic rings. The zero-order valence-electron chi connectivity index (χ0n) is 14.4. The van der Waals surface area contributed by atoms with Crippen LogP contribution in [-0.2, 0) is 22.7 Å². The summed E-state index contributed by atoms with van der Waals surface area (Å²) >= 11 is 0. The third kappa shape index (κ3) is 6.37. The van der Waals surface area contributed by atoms with Gasteiger partial charge in [-0.25, -0.2) is 4.39 Å². The monoisotopic (exact) mass is 343 g/mol. The molecule has 2 rings (SSSR count). The Hall–Kier alpha value is -2.69. The SMILES string of the molecule is CC(=O)C[C@@H](C)C(=O)NCc1ccc(OCc2cccc(F)c2)cc1. The van der Waals surface area contributed by atoms with E-state index in [4.69, 9.17) is 4.74 Å². The number of rotatable bonds is 8. The molecule has 2 aromatic rings. The van der Waals surface area contributed by atoms with Gasteiger partial charge >= 0.3 is 0 Å². The summed E-state index contributed by atoms with van der Waals surface area (Å²) in [7, 11) is 0. The van der Waals surface area contributed by atoms with Crippen LogP contribution in [0.5, 0.6) is 5.75 Å². The van der Waals surface area contributed by atoms with Crippen molar-refractivity contribution < 1.29 is 18.7 Å². The first kappa shape index (κ1) is 18.6. The topological polar surface area (TPSA) is 55.4 Å². The van der Waals surface area contributed by atoms with E-state index >= 15 is 0 Å². The predicted octanol–water partition coefficient (Wildman–Crippen LogP) is 3.64. The number of halogens is 1. The lowest BCUT2D eigenvalue weighted by Crippen LogP contribution is -2.29. The van der Waals surface area contributed by atoms with Crippen LogP contribution in [0.4, 0.5) is 4.39 Å². The molecule has 0 radical (unpaired) electrons. The summed E-state index contributed by atoms with van der Waals surface area (Å²) in [6.45, 7) is 3.90. The normalized spacial score (nSPS) is 11.6. The maximum absolute atomic E-state index is 13.1. The van der Waals surface area contributed by atoms with E-state index in [1.165, 1.54) is 19.1 Å². The van der Waals surface area contributed by atoms with Crippen LogP contribution in [0, 0.1) is 11.7 Å². The van der Waals surface area contributed by atoms with Crippen LogP contribution in [-0.4, -0.2) is 11.7 Å². The first-order valence-corrected chi connectivity index (χ1v) is 8.17. The fraction of sp³-hybridized carbons (Fsp3) is 0.300. The second kappa shape index (κ2) is 8.97. The molecule has 0 bridgehead atoms. The summed E-state index contributed by atoms with van der Waals surface area (Å²) in [4.78, 5) is 22.9. The maximum atomic E-state index is 13.1. The number of carbonyl (C=O) groups excluding carboxylic acids is 2. The highest BCUT2D eigenvalue weighted by Crippen LogP contribution is 2.15. The van der Waals surface area contributed by atoms with E-state index in [0.29, 0.717) is 12.3 Å². The van der Waals surface area contributed by atoms with Gasteiger partial charge in [0.25, 0.3) is 0 Å². The van der Waals surface area contributed by atoms with Crippen molar-refractivity contribution in [2.24, 2.45) is 5.92 Å². The molecule has 1 amide bonds. The first-order valence-electron chi connectivity index (χ1n) is 8.17. The van der Waals surface area contributed by atoms with Crippen LogP contribution >= 0.6 is 0 Å². The van der Waals surface area contributed by atoms with Gasteiger partial charge in [-0.15, -0.1) is 0 Å². The Bertz CT molecular complexity index is 728. The van der Waals surface area contributed by atoms with E-state index in [-0.39, 0.29) is 36.5 Å². The number of hydrogen-bond acceptors (Lipinski definition) is 3. The van der Waals surface area contributed by atoms with Gasteiger partial charge in [-0.1, -0.05) is 31.2 Å². The number of benzene rings is 2. The van der Waals surface area contributed by atoms with Crippen molar-refractivity contribution in [2.45, 2.75) is 33.4 Å². The number of hydrogen-bond donors (Lipinski definition) is 1. The number of ether oxygens (including phenoxy) is 1. The third-order valence-electron chi connectivity index (χ3n) is 3.73. The Balaban J connectivity index is 1.81. The molecule has 0 saturated heterocycles. The Morgan fingerprint density at radius 3 is 2.48 bits per heavy atom. The lowest BCUT2D eigenvalue weighted by molar-refractivity contribution is -0.128. The zero-order valence-corrected chi connectivity index (χ0v) is 14.4. The van der Waals surface area contributed by atoms with E-state index < -0.39 is 0 Å².